The lowest BCUT2D eigenvalue weighted by atomic mass is 10.3. The summed E-state index contributed by atoms with van der Waals surface area (Å²) in [6.07, 6.45) is 0. The predicted octanol–water partition coefficient (Wildman–Crippen LogP) is 3.68. The molecule has 3 aromatic rings. The maximum Gasteiger partial charge on any atom is 0.181 e. The Morgan fingerprint density at radius 1 is 1.00 bits per heavy atom. The molecule has 3 rings (SSSR count). The average Bonchev–Trinajstić information content (AvgIpc) is 2.79. The van der Waals surface area contributed by atoms with E-state index in [1.165, 1.54) is 11.3 Å². The highest BCUT2D eigenvalue weighted by molar-refractivity contribution is 7.22. The summed E-state index contributed by atoms with van der Waals surface area (Å²) < 4.78 is 11.9. The highest BCUT2D eigenvalue weighted by Gasteiger charge is 2.04. The predicted molar refractivity (Wildman–Crippen MR) is 77.1 cm³/mol. The minimum absolute atomic E-state index is 0.566. The van der Waals surface area contributed by atoms with Crippen molar-refractivity contribution in [3.63, 3.8) is 0 Å². The summed E-state index contributed by atoms with van der Waals surface area (Å²) in [4.78, 5) is 4.21. The monoisotopic (exact) mass is 272 g/mol. The van der Waals surface area contributed by atoms with Crippen molar-refractivity contribution in [2.75, 3.05) is 12.8 Å². The van der Waals surface area contributed by atoms with Crippen LogP contribution < -0.4 is 15.2 Å². The molecule has 0 saturated carbocycles. The van der Waals surface area contributed by atoms with Crippen LogP contribution in [0.15, 0.2) is 42.5 Å². The number of nitrogen functional groups attached to an aromatic ring is 1. The summed E-state index contributed by atoms with van der Waals surface area (Å²) in [6, 6.07) is 13.2. The van der Waals surface area contributed by atoms with Gasteiger partial charge in [0.1, 0.15) is 17.2 Å². The van der Waals surface area contributed by atoms with Gasteiger partial charge in [-0.1, -0.05) is 11.3 Å². The molecule has 0 atom stereocenters. The molecular formula is C14H12N2O2S. The van der Waals surface area contributed by atoms with Gasteiger partial charge in [-0.05, 0) is 36.4 Å². The van der Waals surface area contributed by atoms with Crippen LogP contribution in [0.1, 0.15) is 0 Å². The molecule has 0 unspecified atom stereocenters. The van der Waals surface area contributed by atoms with Crippen LogP contribution in [0.2, 0.25) is 0 Å². The average molecular weight is 272 g/mol. The number of hydrogen-bond donors (Lipinski definition) is 1. The van der Waals surface area contributed by atoms with Crippen molar-refractivity contribution in [1.29, 1.82) is 0 Å². The fourth-order valence-electron chi connectivity index (χ4n) is 1.77. The first-order valence-corrected chi connectivity index (χ1v) is 6.54. The Bertz CT molecular complexity index is 707. The Kier molecular flexibility index (Phi) is 2.97. The van der Waals surface area contributed by atoms with Crippen molar-refractivity contribution >= 4 is 26.7 Å². The van der Waals surface area contributed by atoms with Crippen LogP contribution in [0.4, 0.5) is 5.13 Å². The van der Waals surface area contributed by atoms with E-state index in [1.54, 1.807) is 7.11 Å². The van der Waals surface area contributed by atoms with Crippen molar-refractivity contribution < 1.29 is 9.47 Å². The molecule has 2 N–H and O–H groups in total. The third-order valence-electron chi connectivity index (χ3n) is 2.67. The molecule has 0 aliphatic carbocycles. The lowest BCUT2D eigenvalue weighted by Crippen LogP contribution is -1.85. The minimum Gasteiger partial charge on any atom is -0.497 e. The molecule has 0 saturated heterocycles. The van der Waals surface area contributed by atoms with Crippen molar-refractivity contribution in [2.45, 2.75) is 0 Å². The molecule has 1 heterocycles. The number of fused-ring (bicyclic) bond motifs is 1. The van der Waals surface area contributed by atoms with Gasteiger partial charge in [-0.15, -0.1) is 0 Å². The second-order valence-corrected chi connectivity index (χ2v) is 5.02. The quantitative estimate of drug-likeness (QED) is 0.790. The van der Waals surface area contributed by atoms with Crippen LogP contribution in [0.5, 0.6) is 17.2 Å². The van der Waals surface area contributed by atoms with Crippen molar-refractivity contribution in [3.8, 4) is 17.2 Å². The Balaban J connectivity index is 1.87. The molecule has 0 bridgehead atoms. The smallest absolute Gasteiger partial charge is 0.181 e. The molecule has 19 heavy (non-hydrogen) atoms. The molecule has 2 aromatic carbocycles. The van der Waals surface area contributed by atoms with Crippen LogP contribution >= 0.6 is 11.3 Å². The molecule has 0 aliphatic heterocycles. The summed E-state index contributed by atoms with van der Waals surface area (Å²) in [7, 11) is 1.64. The standard InChI is InChI=1S/C14H12N2O2S/c1-17-9-2-4-10(5-3-9)18-11-6-7-12-13(8-11)19-14(15)16-12/h2-8H,1H3,(H2,15,16). The summed E-state index contributed by atoms with van der Waals surface area (Å²) in [5, 5.41) is 0.566. The van der Waals surface area contributed by atoms with Crippen molar-refractivity contribution in [1.82, 2.24) is 4.98 Å². The largest absolute Gasteiger partial charge is 0.497 e. The summed E-state index contributed by atoms with van der Waals surface area (Å²) in [6.45, 7) is 0. The first-order valence-electron chi connectivity index (χ1n) is 5.72. The number of rotatable bonds is 3. The van der Waals surface area contributed by atoms with Gasteiger partial charge in [0, 0.05) is 6.07 Å². The minimum atomic E-state index is 0.566. The van der Waals surface area contributed by atoms with Gasteiger partial charge in [-0.2, -0.15) is 0 Å². The van der Waals surface area contributed by atoms with E-state index < -0.39 is 0 Å². The third kappa shape index (κ3) is 2.46. The molecule has 0 aliphatic rings. The van der Waals surface area contributed by atoms with E-state index in [0.717, 1.165) is 27.5 Å². The number of thiazole rings is 1. The zero-order valence-corrected chi connectivity index (χ0v) is 11.1. The van der Waals surface area contributed by atoms with Crippen LogP contribution in [-0.4, -0.2) is 12.1 Å². The normalized spacial score (nSPS) is 10.6. The summed E-state index contributed by atoms with van der Waals surface area (Å²) >= 11 is 1.45. The molecule has 4 nitrogen and oxygen atoms in total. The number of ether oxygens (including phenoxy) is 2. The van der Waals surface area contributed by atoms with Crippen LogP contribution in [0.3, 0.4) is 0 Å². The maximum atomic E-state index is 5.78. The zero-order chi connectivity index (χ0) is 13.2. The van der Waals surface area contributed by atoms with E-state index in [2.05, 4.69) is 4.98 Å². The second-order valence-electron chi connectivity index (χ2n) is 3.96. The molecule has 1 aromatic heterocycles. The Hall–Kier alpha value is -2.27. The maximum absolute atomic E-state index is 5.78. The van der Waals surface area contributed by atoms with E-state index in [9.17, 15) is 0 Å². The number of methoxy groups -OCH3 is 1. The van der Waals surface area contributed by atoms with E-state index in [0.29, 0.717) is 5.13 Å². The molecule has 0 fully saturated rings. The molecule has 0 radical (unpaired) electrons. The van der Waals surface area contributed by atoms with Crippen LogP contribution in [-0.2, 0) is 0 Å². The first kappa shape index (κ1) is 11.8. The molecule has 0 amide bonds. The lowest BCUT2D eigenvalue weighted by Gasteiger charge is -2.06. The van der Waals surface area contributed by atoms with Gasteiger partial charge < -0.3 is 15.2 Å². The molecule has 5 heteroatoms. The number of hydrogen-bond acceptors (Lipinski definition) is 5. The lowest BCUT2D eigenvalue weighted by molar-refractivity contribution is 0.413. The van der Waals surface area contributed by atoms with E-state index >= 15 is 0 Å². The summed E-state index contributed by atoms with van der Waals surface area (Å²) in [5.74, 6) is 2.33. The Morgan fingerprint density at radius 2 is 1.68 bits per heavy atom. The van der Waals surface area contributed by atoms with E-state index in [1.807, 2.05) is 42.5 Å². The van der Waals surface area contributed by atoms with Gasteiger partial charge in [0.25, 0.3) is 0 Å². The molecule has 0 spiro atoms. The Labute approximate surface area is 114 Å². The third-order valence-corrected chi connectivity index (χ3v) is 3.52. The molecule has 96 valence electrons. The number of aromatic nitrogens is 1. The highest BCUT2D eigenvalue weighted by Crippen LogP contribution is 2.30. The number of benzene rings is 2. The summed E-state index contributed by atoms with van der Waals surface area (Å²) in [5.41, 5.74) is 6.57. The van der Waals surface area contributed by atoms with Gasteiger partial charge in [-0.25, -0.2) is 4.98 Å². The number of nitrogens with zero attached hydrogens (tertiary/aromatic N) is 1. The van der Waals surface area contributed by atoms with Crippen molar-refractivity contribution in [2.24, 2.45) is 0 Å². The van der Waals surface area contributed by atoms with Crippen LogP contribution in [0.25, 0.3) is 10.2 Å². The van der Waals surface area contributed by atoms with E-state index in [-0.39, 0.29) is 0 Å². The fraction of sp³-hybridized carbons (Fsp3) is 0.0714. The zero-order valence-electron chi connectivity index (χ0n) is 10.3. The molecular weight excluding hydrogens is 260 g/mol. The van der Waals surface area contributed by atoms with Gasteiger partial charge in [0.05, 0.1) is 17.3 Å². The van der Waals surface area contributed by atoms with Crippen LogP contribution in [0, 0.1) is 0 Å². The SMILES string of the molecule is COc1ccc(Oc2ccc3nc(N)sc3c2)cc1. The van der Waals surface area contributed by atoms with Gasteiger partial charge >= 0.3 is 0 Å². The van der Waals surface area contributed by atoms with Crippen molar-refractivity contribution in [3.05, 3.63) is 42.5 Å². The number of nitrogens with two attached hydrogens (primary N) is 1. The number of anilines is 1. The topological polar surface area (TPSA) is 57.4 Å². The van der Waals surface area contributed by atoms with Gasteiger partial charge in [-0.3, -0.25) is 0 Å². The van der Waals surface area contributed by atoms with E-state index in [4.69, 9.17) is 15.2 Å². The fourth-order valence-corrected chi connectivity index (χ4v) is 2.53. The Morgan fingerprint density at radius 3 is 2.42 bits per heavy atom. The van der Waals surface area contributed by atoms with Gasteiger partial charge in [0.15, 0.2) is 5.13 Å². The highest BCUT2D eigenvalue weighted by atomic mass is 32.1. The first-order chi connectivity index (χ1) is 9.24. The second kappa shape index (κ2) is 4.78. The van der Waals surface area contributed by atoms with Gasteiger partial charge in [0.2, 0.25) is 0 Å².